The lowest BCUT2D eigenvalue weighted by atomic mass is 9.98. The van der Waals surface area contributed by atoms with Crippen LogP contribution in [0.5, 0.6) is 0 Å². The van der Waals surface area contributed by atoms with Gasteiger partial charge in [0.05, 0.1) is 12.2 Å². The first-order chi connectivity index (χ1) is 11.3. The van der Waals surface area contributed by atoms with Crippen molar-refractivity contribution in [2.75, 3.05) is 6.61 Å². The molecule has 0 N–H and O–H groups in total. The van der Waals surface area contributed by atoms with Crippen molar-refractivity contribution in [1.29, 1.82) is 0 Å². The number of rotatable bonds is 18. The molecule has 1 rings (SSSR count). The van der Waals surface area contributed by atoms with Crippen LogP contribution in [-0.4, -0.2) is 12.2 Å². The molecule has 1 aliphatic heterocycles. The quantitative estimate of drug-likeness (QED) is 0.185. The van der Waals surface area contributed by atoms with Crippen LogP contribution in [0.4, 0.5) is 0 Å². The molecule has 23 heavy (non-hydrogen) atoms. The molecule has 0 spiro atoms. The van der Waals surface area contributed by atoms with Crippen molar-refractivity contribution in [3.63, 3.8) is 0 Å². The Bertz CT molecular complexity index is 244. The van der Waals surface area contributed by atoms with Gasteiger partial charge in [-0.25, -0.2) is 0 Å². The first kappa shape index (κ1) is 21.0. The van der Waals surface area contributed by atoms with Crippen LogP contribution >= 0.6 is 0 Å². The minimum atomic E-state index is 0.329. The van der Waals surface area contributed by atoms with Crippen molar-refractivity contribution in [3.05, 3.63) is 0 Å². The van der Waals surface area contributed by atoms with Crippen molar-refractivity contribution < 1.29 is 4.74 Å². The second-order valence-corrected chi connectivity index (χ2v) is 7.88. The summed E-state index contributed by atoms with van der Waals surface area (Å²) in [6.07, 6.45) is 25.8. The van der Waals surface area contributed by atoms with E-state index >= 15 is 0 Å². The van der Waals surface area contributed by atoms with E-state index in [9.17, 15) is 0 Å². The highest BCUT2D eigenvalue weighted by Crippen LogP contribution is 2.36. The monoisotopic (exact) mass is 324 g/mol. The van der Waals surface area contributed by atoms with E-state index in [-0.39, 0.29) is 0 Å². The lowest BCUT2D eigenvalue weighted by Gasteiger charge is -2.08. The number of ether oxygens (including phenoxy) is 1. The average Bonchev–Trinajstić information content (AvgIpc) is 3.35. The highest BCUT2D eigenvalue weighted by molar-refractivity contribution is 4.90. The number of unbranched alkanes of at least 4 members (excludes halogenated alkanes) is 15. The predicted molar refractivity (Wildman–Crippen MR) is 103 cm³/mol. The fraction of sp³-hybridized carbons (Fsp3) is 1.00. The maximum Gasteiger partial charge on any atom is 0.0914 e. The van der Waals surface area contributed by atoms with Gasteiger partial charge in [-0.2, -0.15) is 0 Å². The van der Waals surface area contributed by atoms with Crippen molar-refractivity contribution in [3.8, 4) is 0 Å². The smallest absolute Gasteiger partial charge is 0.0914 e. The van der Waals surface area contributed by atoms with E-state index in [2.05, 4.69) is 13.8 Å². The van der Waals surface area contributed by atoms with Gasteiger partial charge >= 0.3 is 0 Å². The maximum absolute atomic E-state index is 5.57. The lowest BCUT2D eigenvalue weighted by molar-refractivity contribution is 0.274. The molecule has 1 unspecified atom stereocenters. The fourth-order valence-corrected chi connectivity index (χ4v) is 3.62. The van der Waals surface area contributed by atoms with Crippen LogP contribution in [0.2, 0.25) is 0 Å². The molecular formula is C22H44O. The van der Waals surface area contributed by atoms with Gasteiger partial charge in [0.25, 0.3) is 0 Å². The van der Waals surface area contributed by atoms with E-state index < -0.39 is 0 Å². The Morgan fingerprint density at radius 1 is 0.565 bits per heavy atom. The van der Waals surface area contributed by atoms with Crippen molar-refractivity contribution >= 4 is 0 Å². The third kappa shape index (κ3) is 12.0. The molecule has 0 aromatic heterocycles. The van der Waals surface area contributed by atoms with Crippen molar-refractivity contribution in [2.45, 2.75) is 135 Å². The molecule has 0 radical (unpaired) electrons. The Kier molecular flexibility index (Phi) is 13.1. The zero-order valence-corrected chi connectivity index (χ0v) is 16.3. The fourth-order valence-electron chi connectivity index (χ4n) is 3.62. The Hall–Kier alpha value is -0.0400. The van der Waals surface area contributed by atoms with Crippen LogP contribution in [0.1, 0.15) is 129 Å². The molecule has 1 heterocycles. The third-order valence-electron chi connectivity index (χ3n) is 5.68. The molecular weight excluding hydrogens is 280 g/mol. The molecule has 0 aromatic rings. The van der Waals surface area contributed by atoms with E-state index in [1.165, 1.54) is 116 Å². The third-order valence-corrected chi connectivity index (χ3v) is 5.68. The SMILES string of the molecule is CCCCCCCCCCCCCCCCCCC1(CC)CO1. The zero-order chi connectivity index (χ0) is 16.6. The Labute approximate surface area is 147 Å². The van der Waals surface area contributed by atoms with Gasteiger partial charge in [-0.1, -0.05) is 117 Å². The largest absolute Gasteiger partial charge is 0.370 e. The average molecular weight is 325 g/mol. The van der Waals surface area contributed by atoms with E-state index in [1.807, 2.05) is 0 Å². The van der Waals surface area contributed by atoms with Crippen LogP contribution in [0, 0.1) is 0 Å². The molecule has 0 aromatic carbocycles. The number of epoxide rings is 1. The summed E-state index contributed by atoms with van der Waals surface area (Å²) in [5.41, 5.74) is 0.329. The first-order valence-corrected chi connectivity index (χ1v) is 11.0. The van der Waals surface area contributed by atoms with E-state index in [4.69, 9.17) is 4.74 Å². The van der Waals surface area contributed by atoms with Crippen molar-refractivity contribution in [2.24, 2.45) is 0 Å². The topological polar surface area (TPSA) is 12.5 Å². The van der Waals surface area contributed by atoms with Crippen LogP contribution < -0.4 is 0 Å². The number of hydrogen-bond donors (Lipinski definition) is 0. The summed E-state index contributed by atoms with van der Waals surface area (Å²) in [5.74, 6) is 0. The molecule has 0 bridgehead atoms. The summed E-state index contributed by atoms with van der Waals surface area (Å²) in [6.45, 7) is 5.59. The second kappa shape index (κ2) is 14.3. The standard InChI is InChI=1S/C22H44O/c1-3-5-6-7-8-9-10-11-12-13-14-15-16-17-18-19-20-22(4-2)21-23-22/h3-21H2,1-2H3. The Morgan fingerprint density at radius 2 is 0.913 bits per heavy atom. The molecule has 1 heteroatoms. The van der Waals surface area contributed by atoms with E-state index in [0.29, 0.717) is 5.60 Å². The predicted octanol–water partition coefficient (Wildman–Crippen LogP) is 7.82. The second-order valence-electron chi connectivity index (χ2n) is 7.88. The van der Waals surface area contributed by atoms with Gasteiger partial charge in [0, 0.05) is 0 Å². The van der Waals surface area contributed by atoms with Crippen LogP contribution in [0.25, 0.3) is 0 Å². The normalized spacial score (nSPS) is 20.1. The zero-order valence-electron chi connectivity index (χ0n) is 16.3. The maximum atomic E-state index is 5.57. The Balaban J connectivity index is 1.66. The molecule has 0 aliphatic carbocycles. The highest BCUT2D eigenvalue weighted by Gasteiger charge is 2.41. The van der Waals surface area contributed by atoms with Gasteiger partial charge in [-0.05, 0) is 12.8 Å². The molecule has 0 saturated carbocycles. The summed E-state index contributed by atoms with van der Waals surface area (Å²) >= 11 is 0. The van der Waals surface area contributed by atoms with Gasteiger partial charge in [0.2, 0.25) is 0 Å². The number of hydrogen-bond acceptors (Lipinski definition) is 1. The van der Waals surface area contributed by atoms with Gasteiger partial charge in [0.1, 0.15) is 0 Å². The van der Waals surface area contributed by atoms with Crippen LogP contribution in [0.3, 0.4) is 0 Å². The highest BCUT2D eigenvalue weighted by atomic mass is 16.6. The molecule has 138 valence electrons. The minimum absolute atomic E-state index is 0.329. The lowest BCUT2D eigenvalue weighted by Crippen LogP contribution is -2.08. The summed E-state index contributed by atoms with van der Waals surface area (Å²) < 4.78 is 5.57. The molecule has 1 aliphatic rings. The summed E-state index contributed by atoms with van der Waals surface area (Å²) in [7, 11) is 0. The van der Waals surface area contributed by atoms with E-state index in [0.717, 1.165) is 6.61 Å². The van der Waals surface area contributed by atoms with E-state index in [1.54, 1.807) is 0 Å². The molecule has 1 saturated heterocycles. The molecule has 1 fully saturated rings. The Morgan fingerprint density at radius 3 is 1.22 bits per heavy atom. The van der Waals surface area contributed by atoms with Crippen molar-refractivity contribution in [1.82, 2.24) is 0 Å². The van der Waals surface area contributed by atoms with Gasteiger partial charge < -0.3 is 4.74 Å². The molecule has 1 nitrogen and oxygen atoms in total. The first-order valence-electron chi connectivity index (χ1n) is 11.0. The van der Waals surface area contributed by atoms with Gasteiger partial charge in [-0.3, -0.25) is 0 Å². The van der Waals surface area contributed by atoms with Crippen LogP contribution in [-0.2, 0) is 4.74 Å². The molecule has 0 amide bonds. The van der Waals surface area contributed by atoms with Gasteiger partial charge in [-0.15, -0.1) is 0 Å². The van der Waals surface area contributed by atoms with Crippen LogP contribution in [0.15, 0.2) is 0 Å². The summed E-state index contributed by atoms with van der Waals surface area (Å²) in [5, 5.41) is 0. The van der Waals surface area contributed by atoms with Gasteiger partial charge in [0.15, 0.2) is 0 Å². The summed E-state index contributed by atoms with van der Waals surface area (Å²) in [6, 6.07) is 0. The minimum Gasteiger partial charge on any atom is -0.370 e. The molecule has 1 atom stereocenters. The summed E-state index contributed by atoms with van der Waals surface area (Å²) in [4.78, 5) is 0.